The summed E-state index contributed by atoms with van der Waals surface area (Å²) in [7, 11) is -2.41. The number of benzene rings is 1. The molecule has 0 aliphatic heterocycles. The van der Waals surface area contributed by atoms with Crippen molar-refractivity contribution in [2.75, 3.05) is 17.6 Å². The number of nitrogen functional groups attached to an aromatic ring is 1. The molecule has 20 heavy (non-hydrogen) atoms. The van der Waals surface area contributed by atoms with Crippen molar-refractivity contribution in [3.05, 3.63) is 29.5 Å². The Kier molecular flexibility index (Phi) is 3.58. The number of hydrogen-bond acceptors (Lipinski definition) is 5. The maximum atomic E-state index is 12.4. The molecule has 2 rings (SSSR count). The van der Waals surface area contributed by atoms with Crippen LogP contribution in [0.4, 0.5) is 11.5 Å². The van der Waals surface area contributed by atoms with Gasteiger partial charge in [-0.2, -0.15) is 5.10 Å². The number of nitrogens with zero attached hydrogens (tertiary/aromatic N) is 1. The van der Waals surface area contributed by atoms with E-state index in [0.717, 1.165) is 11.3 Å². The number of aromatic nitrogens is 2. The Balaban J connectivity index is 2.46. The van der Waals surface area contributed by atoms with Gasteiger partial charge in [0.1, 0.15) is 10.6 Å². The van der Waals surface area contributed by atoms with E-state index >= 15 is 0 Å². The van der Waals surface area contributed by atoms with Gasteiger partial charge in [-0.1, -0.05) is 0 Å². The number of nitrogens with two attached hydrogens (primary N) is 1. The third kappa shape index (κ3) is 2.69. The number of ether oxygens (including phenoxy) is 1. The molecule has 0 aliphatic carbocycles. The molecule has 0 amide bonds. The molecule has 108 valence electrons. The number of H-pyrrole nitrogens is 1. The van der Waals surface area contributed by atoms with E-state index in [1.807, 2.05) is 0 Å². The average Bonchev–Trinajstić information content (AvgIpc) is 2.76. The van der Waals surface area contributed by atoms with Crippen molar-refractivity contribution in [1.82, 2.24) is 10.2 Å². The number of aromatic amines is 1. The van der Waals surface area contributed by atoms with Crippen LogP contribution in [0.2, 0.25) is 0 Å². The van der Waals surface area contributed by atoms with Gasteiger partial charge in [-0.15, -0.1) is 0 Å². The molecule has 0 bridgehead atoms. The summed E-state index contributed by atoms with van der Waals surface area (Å²) in [6.45, 7) is 3.55. The van der Waals surface area contributed by atoms with Crippen molar-refractivity contribution in [3.8, 4) is 5.75 Å². The highest BCUT2D eigenvalue weighted by Crippen LogP contribution is 2.30. The molecular formula is C12H16N4O3S. The molecule has 1 heterocycles. The van der Waals surface area contributed by atoms with E-state index in [2.05, 4.69) is 14.9 Å². The maximum absolute atomic E-state index is 12.4. The van der Waals surface area contributed by atoms with E-state index < -0.39 is 10.0 Å². The van der Waals surface area contributed by atoms with Crippen LogP contribution in [0.15, 0.2) is 23.1 Å². The molecule has 0 atom stereocenters. The van der Waals surface area contributed by atoms with Crippen molar-refractivity contribution >= 4 is 21.5 Å². The lowest BCUT2D eigenvalue weighted by Gasteiger charge is -2.12. The first-order valence-electron chi connectivity index (χ1n) is 5.82. The lowest BCUT2D eigenvalue weighted by atomic mass is 10.2. The van der Waals surface area contributed by atoms with Gasteiger partial charge in [-0.25, -0.2) is 8.42 Å². The highest BCUT2D eigenvalue weighted by molar-refractivity contribution is 7.92. The van der Waals surface area contributed by atoms with Crippen LogP contribution in [-0.2, 0) is 10.0 Å². The quantitative estimate of drug-likeness (QED) is 0.739. The Morgan fingerprint density at radius 3 is 2.55 bits per heavy atom. The Morgan fingerprint density at radius 1 is 1.30 bits per heavy atom. The fraction of sp³-hybridized carbons (Fsp3) is 0.250. The van der Waals surface area contributed by atoms with Gasteiger partial charge in [0.25, 0.3) is 10.0 Å². The highest BCUT2D eigenvalue weighted by Gasteiger charge is 2.22. The molecule has 0 spiro atoms. The van der Waals surface area contributed by atoms with Gasteiger partial charge >= 0.3 is 0 Å². The van der Waals surface area contributed by atoms with Gasteiger partial charge in [0.15, 0.2) is 5.82 Å². The Hall–Kier alpha value is -2.22. The number of anilines is 2. The van der Waals surface area contributed by atoms with Gasteiger partial charge in [0.2, 0.25) is 0 Å². The number of nitrogens with one attached hydrogen (secondary N) is 2. The molecule has 4 N–H and O–H groups in total. The first-order valence-corrected chi connectivity index (χ1v) is 7.31. The second kappa shape index (κ2) is 5.04. The second-order valence-electron chi connectivity index (χ2n) is 4.40. The highest BCUT2D eigenvalue weighted by atomic mass is 32.2. The van der Waals surface area contributed by atoms with E-state index in [-0.39, 0.29) is 16.5 Å². The summed E-state index contributed by atoms with van der Waals surface area (Å²) in [5.74, 6) is 0.445. The van der Waals surface area contributed by atoms with Crippen LogP contribution in [0, 0.1) is 13.8 Å². The molecule has 7 nitrogen and oxygen atoms in total. The third-order valence-electron chi connectivity index (χ3n) is 2.79. The molecule has 0 saturated carbocycles. The maximum Gasteiger partial charge on any atom is 0.266 e. The zero-order valence-electron chi connectivity index (χ0n) is 11.4. The minimum atomic E-state index is -3.82. The topological polar surface area (TPSA) is 110 Å². The third-order valence-corrected chi connectivity index (χ3v) is 4.16. The molecule has 0 unspecified atom stereocenters. The van der Waals surface area contributed by atoms with E-state index in [9.17, 15) is 8.42 Å². The van der Waals surface area contributed by atoms with Crippen LogP contribution in [-0.4, -0.2) is 25.7 Å². The summed E-state index contributed by atoms with van der Waals surface area (Å²) in [5.41, 5.74) is 7.64. The Morgan fingerprint density at radius 2 is 2.00 bits per heavy atom. The number of aryl methyl sites for hydroxylation is 2. The SMILES string of the molecule is COc1cc(C)c(N)cc1S(=O)(=O)Nc1cc(C)[nH]n1. The number of methoxy groups -OCH3 is 1. The summed E-state index contributed by atoms with van der Waals surface area (Å²) < 4.78 is 32.2. The normalized spacial score (nSPS) is 11.3. The van der Waals surface area contributed by atoms with Gasteiger partial charge < -0.3 is 10.5 Å². The van der Waals surface area contributed by atoms with Crippen molar-refractivity contribution < 1.29 is 13.2 Å². The summed E-state index contributed by atoms with van der Waals surface area (Å²) in [4.78, 5) is -0.0243. The van der Waals surface area contributed by atoms with Crippen molar-refractivity contribution in [1.29, 1.82) is 0 Å². The fourth-order valence-corrected chi connectivity index (χ4v) is 2.89. The van der Waals surface area contributed by atoms with E-state index in [1.165, 1.54) is 13.2 Å². The summed E-state index contributed by atoms with van der Waals surface area (Å²) in [6.07, 6.45) is 0. The predicted octanol–water partition coefficient (Wildman–Crippen LogP) is 1.42. The standard InChI is InChI=1S/C12H16N4O3S/c1-7-4-10(19-3)11(6-9(7)13)20(17,18)16-12-5-8(2)14-15-12/h4-6H,13H2,1-3H3,(H2,14,15,16). The molecule has 1 aromatic carbocycles. The van der Waals surface area contributed by atoms with E-state index in [0.29, 0.717) is 5.69 Å². The molecule has 2 aromatic rings. The van der Waals surface area contributed by atoms with Crippen LogP contribution in [0.1, 0.15) is 11.3 Å². The Labute approximate surface area is 117 Å². The van der Waals surface area contributed by atoms with Crippen LogP contribution in [0.3, 0.4) is 0 Å². The van der Waals surface area contributed by atoms with Crippen LogP contribution in [0.25, 0.3) is 0 Å². The molecule has 0 saturated heterocycles. The smallest absolute Gasteiger partial charge is 0.266 e. The van der Waals surface area contributed by atoms with Crippen LogP contribution in [0.5, 0.6) is 5.75 Å². The van der Waals surface area contributed by atoms with Crippen molar-refractivity contribution in [3.63, 3.8) is 0 Å². The summed E-state index contributed by atoms with van der Waals surface area (Å²) >= 11 is 0. The molecule has 0 fully saturated rings. The van der Waals surface area contributed by atoms with Gasteiger partial charge in [0, 0.05) is 17.4 Å². The molecule has 0 radical (unpaired) electrons. The van der Waals surface area contributed by atoms with E-state index in [1.54, 1.807) is 26.0 Å². The van der Waals surface area contributed by atoms with Crippen LogP contribution >= 0.6 is 0 Å². The lowest BCUT2D eigenvalue weighted by Crippen LogP contribution is -2.15. The van der Waals surface area contributed by atoms with Crippen molar-refractivity contribution in [2.24, 2.45) is 0 Å². The monoisotopic (exact) mass is 296 g/mol. The van der Waals surface area contributed by atoms with Gasteiger partial charge in [0.05, 0.1) is 7.11 Å². The summed E-state index contributed by atoms with van der Waals surface area (Å²) in [6, 6.07) is 4.54. The van der Waals surface area contributed by atoms with Crippen LogP contribution < -0.4 is 15.2 Å². The number of rotatable bonds is 4. The fourth-order valence-electron chi connectivity index (χ4n) is 1.71. The predicted molar refractivity (Wildman–Crippen MR) is 76.3 cm³/mol. The van der Waals surface area contributed by atoms with E-state index in [4.69, 9.17) is 10.5 Å². The Bertz CT molecular complexity index is 737. The molecular weight excluding hydrogens is 280 g/mol. The molecule has 8 heteroatoms. The van der Waals surface area contributed by atoms with Crippen molar-refractivity contribution in [2.45, 2.75) is 18.7 Å². The zero-order valence-corrected chi connectivity index (χ0v) is 12.2. The lowest BCUT2D eigenvalue weighted by molar-refractivity contribution is 0.402. The number of hydrogen-bond donors (Lipinski definition) is 3. The first kappa shape index (κ1) is 14.2. The second-order valence-corrected chi connectivity index (χ2v) is 6.05. The first-order chi connectivity index (χ1) is 9.33. The van der Waals surface area contributed by atoms with Gasteiger partial charge in [-0.05, 0) is 31.5 Å². The zero-order chi connectivity index (χ0) is 14.9. The van der Waals surface area contributed by atoms with Gasteiger partial charge in [-0.3, -0.25) is 9.82 Å². The average molecular weight is 296 g/mol. The number of sulfonamides is 1. The molecule has 1 aromatic heterocycles. The summed E-state index contributed by atoms with van der Waals surface area (Å²) in [5, 5.41) is 6.49. The minimum Gasteiger partial charge on any atom is -0.495 e. The molecule has 0 aliphatic rings. The minimum absolute atomic E-state index is 0.0243. The largest absolute Gasteiger partial charge is 0.495 e.